The summed E-state index contributed by atoms with van der Waals surface area (Å²) in [5.41, 5.74) is 3.35. The molecule has 16 heavy (non-hydrogen) atoms. The minimum Gasteiger partial charge on any atom is -0.471 e. The first-order chi connectivity index (χ1) is 7.70. The summed E-state index contributed by atoms with van der Waals surface area (Å²) in [4.78, 5) is 23.6. The lowest BCUT2D eigenvalue weighted by atomic mass is 10.1. The number of rotatable bonds is 1. The molecule has 1 N–H and O–H groups in total. The number of nitrogens with one attached hydrogen (secondary N) is 1. The first-order valence-corrected chi connectivity index (χ1v) is 5.37. The van der Waals surface area contributed by atoms with Crippen molar-refractivity contribution in [3.05, 3.63) is 23.0 Å². The van der Waals surface area contributed by atoms with Crippen LogP contribution >= 0.6 is 0 Å². The van der Waals surface area contributed by atoms with E-state index in [2.05, 4.69) is 9.72 Å². The fourth-order valence-corrected chi connectivity index (χ4v) is 1.85. The maximum atomic E-state index is 11.5. The second kappa shape index (κ2) is 6.10. The number of aromatic amines is 1. The Kier molecular flexibility index (Phi) is 4.76. The Labute approximate surface area is 95.0 Å². The van der Waals surface area contributed by atoms with Crippen LogP contribution in [0.3, 0.4) is 0 Å². The maximum Gasteiger partial charge on any atom is 0.292 e. The van der Waals surface area contributed by atoms with Gasteiger partial charge < -0.3 is 9.72 Å². The van der Waals surface area contributed by atoms with Crippen LogP contribution < -0.4 is 0 Å². The first-order valence-electron chi connectivity index (χ1n) is 5.37. The van der Waals surface area contributed by atoms with Gasteiger partial charge in [-0.1, -0.05) is 0 Å². The van der Waals surface area contributed by atoms with E-state index in [-0.39, 0.29) is 0 Å². The second-order valence-electron chi connectivity index (χ2n) is 3.77. The van der Waals surface area contributed by atoms with E-state index >= 15 is 0 Å². The molecular formula is C12H17NO3. The third-order valence-electron chi connectivity index (χ3n) is 2.69. The number of aryl methyl sites for hydroxylation is 1. The van der Waals surface area contributed by atoms with Crippen LogP contribution in [0.2, 0.25) is 0 Å². The van der Waals surface area contributed by atoms with Crippen molar-refractivity contribution in [3.63, 3.8) is 0 Å². The van der Waals surface area contributed by atoms with E-state index in [0.717, 1.165) is 31.2 Å². The number of methoxy groups -OCH3 is 1. The van der Waals surface area contributed by atoms with Gasteiger partial charge in [0.15, 0.2) is 5.78 Å². The molecule has 1 aliphatic rings. The van der Waals surface area contributed by atoms with Crippen LogP contribution in [0.5, 0.6) is 0 Å². The van der Waals surface area contributed by atoms with E-state index in [9.17, 15) is 4.79 Å². The molecule has 0 amide bonds. The Hall–Kier alpha value is -1.58. The molecule has 0 aliphatic heterocycles. The lowest BCUT2D eigenvalue weighted by Crippen LogP contribution is -1.96. The van der Waals surface area contributed by atoms with Crippen molar-refractivity contribution < 1.29 is 14.3 Å². The summed E-state index contributed by atoms with van der Waals surface area (Å²) in [5, 5.41) is 0. The summed E-state index contributed by atoms with van der Waals surface area (Å²) in [6.45, 7) is 2.41. The molecule has 0 saturated heterocycles. The quantitative estimate of drug-likeness (QED) is 0.585. The van der Waals surface area contributed by atoms with E-state index in [1.807, 2.05) is 13.1 Å². The molecule has 1 aromatic rings. The van der Waals surface area contributed by atoms with Gasteiger partial charge in [0, 0.05) is 23.9 Å². The normalized spacial score (nSPS) is 14.2. The van der Waals surface area contributed by atoms with Gasteiger partial charge in [-0.2, -0.15) is 0 Å². The van der Waals surface area contributed by atoms with E-state index in [0.29, 0.717) is 12.3 Å². The van der Waals surface area contributed by atoms with Crippen molar-refractivity contribution in [2.45, 2.75) is 32.6 Å². The number of carbonyl (C=O) groups excluding carboxylic acids is 2. The average molecular weight is 223 g/mol. The number of hydrogen-bond acceptors (Lipinski definition) is 3. The molecule has 0 aromatic carbocycles. The van der Waals surface area contributed by atoms with Gasteiger partial charge in [0.05, 0.1) is 7.11 Å². The van der Waals surface area contributed by atoms with Crippen molar-refractivity contribution >= 4 is 12.3 Å². The SMILES string of the molecule is COC=O.Cc1[nH]cc2c1CCCCC2=O. The van der Waals surface area contributed by atoms with Crippen LogP contribution in [-0.2, 0) is 16.0 Å². The van der Waals surface area contributed by atoms with E-state index in [1.165, 1.54) is 18.4 Å². The van der Waals surface area contributed by atoms with E-state index < -0.39 is 0 Å². The lowest BCUT2D eigenvalue weighted by molar-refractivity contribution is -0.126. The minimum absolute atomic E-state index is 0.312. The van der Waals surface area contributed by atoms with Gasteiger partial charge in [-0.25, -0.2) is 0 Å². The molecule has 0 saturated carbocycles. The molecule has 4 heteroatoms. The fraction of sp³-hybridized carbons (Fsp3) is 0.500. The molecule has 2 rings (SSSR count). The lowest BCUT2D eigenvalue weighted by Gasteiger charge is -1.96. The van der Waals surface area contributed by atoms with Gasteiger partial charge in [-0.05, 0) is 31.7 Å². The molecule has 0 unspecified atom stereocenters. The zero-order valence-corrected chi connectivity index (χ0v) is 9.71. The summed E-state index contributed by atoms with van der Waals surface area (Å²) >= 11 is 0. The smallest absolute Gasteiger partial charge is 0.292 e. The fourth-order valence-electron chi connectivity index (χ4n) is 1.85. The summed E-state index contributed by atoms with van der Waals surface area (Å²) in [6, 6.07) is 0. The predicted octanol–water partition coefficient (Wildman–Crippen LogP) is 2.02. The molecule has 0 radical (unpaired) electrons. The Balaban J connectivity index is 0.000000280. The number of Topliss-reactive ketones (excluding diaryl/α,β-unsaturated/α-hetero) is 1. The predicted molar refractivity (Wildman–Crippen MR) is 60.5 cm³/mol. The number of hydrogen-bond donors (Lipinski definition) is 1. The van der Waals surface area contributed by atoms with Gasteiger partial charge in [-0.3, -0.25) is 9.59 Å². The highest BCUT2D eigenvalue weighted by Crippen LogP contribution is 2.22. The number of H-pyrrole nitrogens is 1. The Morgan fingerprint density at radius 1 is 1.38 bits per heavy atom. The molecular weight excluding hydrogens is 206 g/mol. The Bertz CT molecular complexity index is 368. The Morgan fingerprint density at radius 2 is 2.00 bits per heavy atom. The summed E-state index contributed by atoms with van der Waals surface area (Å²) in [6.07, 6.45) is 5.85. The summed E-state index contributed by atoms with van der Waals surface area (Å²) < 4.78 is 3.86. The first kappa shape index (κ1) is 12.5. The zero-order valence-electron chi connectivity index (χ0n) is 9.71. The molecule has 0 spiro atoms. The highest BCUT2D eigenvalue weighted by Gasteiger charge is 2.17. The van der Waals surface area contributed by atoms with Crippen molar-refractivity contribution in [3.8, 4) is 0 Å². The molecule has 1 aliphatic carbocycles. The maximum absolute atomic E-state index is 11.5. The number of ketones is 1. The third kappa shape index (κ3) is 2.95. The summed E-state index contributed by atoms with van der Waals surface area (Å²) in [5.74, 6) is 0.312. The van der Waals surface area contributed by atoms with E-state index in [4.69, 9.17) is 4.79 Å². The van der Waals surface area contributed by atoms with Crippen LogP contribution in [0.1, 0.15) is 40.9 Å². The van der Waals surface area contributed by atoms with E-state index in [1.54, 1.807) is 0 Å². The molecule has 4 nitrogen and oxygen atoms in total. The van der Waals surface area contributed by atoms with Crippen LogP contribution in [-0.4, -0.2) is 24.3 Å². The second-order valence-corrected chi connectivity index (χ2v) is 3.77. The van der Waals surface area contributed by atoms with Crippen LogP contribution in [0.4, 0.5) is 0 Å². The zero-order chi connectivity index (χ0) is 12.0. The largest absolute Gasteiger partial charge is 0.471 e. The molecule has 0 bridgehead atoms. The Morgan fingerprint density at radius 3 is 2.62 bits per heavy atom. The van der Waals surface area contributed by atoms with Gasteiger partial charge in [-0.15, -0.1) is 0 Å². The highest BCUT2D eigenvalue weighted by molar-refractivity contribution is 5.97. The highest BCUT2D eigenvalue weighted by atomic mass is 16.5. The van der Waals surface area contributed by atoms with Crippen molar-refractivity contribution in [2.75, 3.05) is 7.11 Å². The number of aromatic nitrogens is 1. The number of ether oxygens (including phenoxy) is 1. The summed E-state index contributed by atoms with van der Waals surface area (Å²) in [7, 11) is 1.31. The topological polar surface area (TPSA) is 59.2 Å². The van der Waals surface area contributed by atoms with Crippen LogP contribution in [0, 0.1) is 6.92 Å². The number of carbonyl (C=O) groups is 2. The minimum atomic E-state index is 0.312. The third-order valence-corrected chi connectivity index (χ3v) is 2.69. The van der Waals surface area contributed by atoms with Crippen molar-refractivity contribution in [1.29, 1.82) is 0 Å². The standard InChI is InChI=1S/C10H13NO.C2H4O2/c1-7-8-4-2-3-5-10(12)9(8)6-11-7;1-4-2-3/h6,11H,2-5H2,1H3;2H,1H3. The molecule has 0 atom stereocenters. The van der Waals surface area contributed by atoms with Gasteiger partial charge in [0.25, 0.3) is 6.47 Å². The van der Waals surface area contributed by atoms with Crippen LogP contribution in [0.15, 0.2) is 6.20 Å². The molecule has 88 valence electrons. The molecule has 1 heterocycles. The van der Waals surface area contributed by atoms with Gasteiger partial charge in [0.1, 0.15) is 0 Å². The van der Waals surface area contributed by atoms with Gasteiger partial charge in [0.2, 0.25) is 0 Å². The average Bonchev–Trinajstić information content (AvgIpc) is 2.55. The molecule has 1 aromatic heterocycles. The van der Waals surface area contributed by atoms with Crippen molar-refractivity contribution in [1.82, 2.24) is 4.98 Å². The van der Waals surface area contributed by atoms with Gasteiger partial charge >= 0.3 is 0 Å². The molecule has 0 fully saturated rings. The number of fused-ring (bicyclic) bond motifs is 1. The van der Waals surface area contributed by atoms with Crippen molar-refractivity contribution in [2.24, 2.45) is 0 Å². The van der Waals surface area contributed by atoms with Crippen LogP contribution in [0.25, 0.3) is 0 Å². The monoisotopic (exact) mass is 223 g/mol.